The highest BCUT2D eigenvalue weighted by atomic mass is 32.2. The van der Waals surface area contributed by atoms with Crippen LogP contribution < -0.4 is 5.73 Å². The summed E-state index contributed by atoms with van der Waals surface area (Å²) in [5, 5.41) is 0. The summed E-state index contributed by atoms with van der Waals surface area (Å²) in [5.41, 5.74) is 6.83. The molecule has 0 radical (unpaired) electrons. The minimum atomic E-state index is -3.35. The van der Waals surface area contributed by atoms with E-state index >= 15 is 0 Å². The van der Waals surface area contributed by atoms with Crippen LogP contribution >= 0.6 is 0 Å². The first-order valence-corrected chi connectivity index (χ1v) is 7.08. The van der Waals surface area contributed by atoms with Gasteiger partial charge in [-0.05, 0) is 24.1 Å². The number of nitrogens with two attached hydrogens (primary N) is 1. The van der Waals surface area contributed by atoms with Crippen molar-refractivity contribution >= 4 is 10.0 Å². The lowest BCUT2D eigenvalue weighted by Crippen LogP contribution is -2.28. The van der Waals surface area contributed by atoms with Crippen molar-refractivity contribution in [2.24, 2.45) is 5.73 Å². The molecule has 0 amide bonds. The molecule has 1 atom stereocenters. The molecular formula is C12H20N2O3S. The molecule has 1 rings (SSSR count). The number of hydrogen-bond acceptors (Lipinski definition) is 4. The summed E-state index contributed by atoms with van der Waals surface area (Å²) in [6, 6.07) is 6.69. The Labute approximate surface area is 109 Å². The second kappa shape index (κ2) is 6.29. The number of benzene rings is 1. The topological polar surface area (TPSA) is 72.6 Å². The molecule has 1 aromatic rings. The standard InChI is InChI=1S/C12H20N2O3S/c1-14(2)18(15,16)12-6-4-10(5-7-12)8-11(13)9-17-3/h4-7,11H,8-9,13H2,1-3H3. The summed E-state index contributed by atoms with van der Waals surface area (Å²) in [7, 11) is 1.27. The van der Waals surface area contributed by atoms with Crippen LogP contribution in [0, 0.1) is 0 Å². The van der Waals surface area contributed by atoms with Gasteiger partial charge in [-0.2, -0.15) is 0 Å². The summed E-state index contributed by atoms with van der Waals surface area (Å²) in [5.74, 6) is 0. The van der Waals surface area contributed by atoms with Gasteiger partial charge >= 0.3 is 0 Å². The summed E-state index contributed by atoms with van der Waals surface area (Å²) in [6.07, 6.45) is 0.663. The van der Waals surface area contributed by atoms with Crippen molar-refractivity contribution < 1.29 is 13.2 Å². The second-order valence-corrected chi connectivity index (χ2v) is 6.50. The van der Waals surface area contributed by atoms with Crippen LogP contribution in [0.4, 0.5) is 0 Å². The number of rotatable bonds is 6. The summed E-state index contributed by atoms with van der Waals surface area (Å²) in [6.45, 7) is 0.484. The van der Waals surface area contributed by atoms with Crippen molar-refractivity contribution in [3.8, 4) is 0 Å². The van der Waals surface area contributed by atoms with Crippen LogP contribution in [0.15, 0.2) is 29.2 Å². The Kier molecular flexibility index (Phi) is 5.28. The van der Waals surface area contributed by atoms with Crippen LogP contribution in [-0.4, -0.2) is 46.6 Å². The van der Waals surface area contributed by atoms with E-state index in [4.69, 9.17) is 10.5 Å². The molecule has 0 aliphatic carbocycles. The molecule has 0 spiro atoms. The fourth-order valence-electron chi connectivity index (χ4n) is 1.58. The Morgan fingerprint density at radius 3 is 2.28 bits per heavy atom. The predicted molar refractivity (Wildman–Crippen MR) is 70.9 cm³/mol. The van der Waals surface area contributed by atoms with Crippen molar-refractivity contribution in [3.63, 3.8) is 0 Å². The van der Waals surface area contributed by atoms with Crippen molar-refractivity contribution in [1.29, 1.82) is 0 Å². The minimum Gasteiger partial charge on any atom is -0.383 e. The Morgan fingerprint density at radius 1 is 1.28 bits per heavy atom. The molecule has 0 aliphatic heterocycles. The highest BCUT2D eigenvalue weighted by Gasteiger charge is 2.16. The highest BCUT2D eigenvalue weighted by Crippen LogP contribution is 2.14. The largest absolute Gasteiger partial charge is 0.383 e. The zero-order valence-electron chi connectivity index (χ0n) is 11.0. The Balaban J connectivity index is 2.81. The van der Waals surface area contributed by atoms with E-state index in [0.717, 1.165) is 5.56 Å². The van der Waals surface area contributed by atoms with E-state index < -0.39 is 10.0 Å². The lowest BCUT2D eigenvalue weighted by molar-refractivity contribution is 0.180. The third kappa shape index (κ3) is 3.78. The smallest absolute Gasteiger partial charge is 0.242 e. The van der Waals surface area contributed by atoms with Crippen LogP contribution in [-0.2, 0) is 21.2 Å². The lowest BCUT2D eigenvalue weighted by atomic mass is 10.1. The molecule has 18 heavy (non-hydrogen) atoms. The lowest BCUT2D eigenvalue weighted by Gasteiger charge is -2.13. The van der Waals surface area contributed by atoms with Crippen molar-refractivity contribution in [2.45, 2.75) is 17.4 Å². The molecule has 0 saturated carbocycles. The van der Waals surface area contributed by atoms with Gasteiger partial charge in [-0.1, -0.05) is 12.1 Å². The van der Waals surface area contributed by atoms with Gasteiger partial charge in [0.25, 0.3) is 0 Å². The fourth-order valence-corrected chi connectivity index (χ4v) is 2.49. The van der Waals surface area contributed by atoms with Crippen LogP contribution in [0.25, 0.3) is 0 Å². The van der Waals surface area contributed by atoms with Crippen LogP contribution in [0.3, 0.4) is 0 Å². The maximum Gasteiger partial charge on any atom is 0.242 e. The molecular weight excluding hydrogens is 252 g/mol. The van der Waals surface area contributed by atoms with Crippen molar-refractivity contribution in [3.05, 3.63) is 29.8 Å². The maximum absolute atomic E-state index is 11.8. The first-order chi connectivity index (χ1) is 8.37. The van der Waals surface area contributed by atoms with Gasteiger partial charge in [-0.15, -0.1) is 0 Å². The Hall–Kier alpha value is -0.950. The molecule has 1 aromatic carbocycles. The van der Waals surface area contributed by atoms with Crippen molar-refractivity contribution in [2.75, 3.05) is 27.8 Å². The van der Waals surface area contributed by atoms with Gasteiger partial charge < -0.3 is 10.5 Å². The average Bonchev–Trinajstić information content (AvgIpc) is 2.29. The normalized spacial score (nSPS) is 13.8. The molecule has 0 fully saturated rings. The van der Waals surface area contributed by atoms with Gasteiger partial charge in [-0.25, -0.2) is 12.7 Å². The number of sulfonamides is 1. The summed E-state index contributed by atoms with van der Waals surface area (Å²) < 4.78 is 29.8. The van der Waals surface area contributed by atoms with E-state index in [2.05, 4.69) is 0 Å². The van der Waals surface area contributed by atoms with Gasteiger partial charge in [0, 0.05) is 27.2 Å². The minimum absolute atomic E-state index is 0.0775. The zero-order chi connectivity index (χ0) is 13.8. The van der Waals surface area contributed by atoms with E-state index in [1.165, 1.54) is 18.4 Å². The zero-order valence-corrected chi connectivity index (χ0v) is 11.8. The molecule has 0 aromatic heterocycles. The molecule has 2 N–H and O–H groups in total. The van der Waals surface area contributed by atoms with Crippen LogP contribution in [0.5, 0.6) is 0 Å². The third-order valence-corrected chi connectivity index (χ3v) is 4.41. The van der Waals surface area contributed by atoms with Gasteiger partial charge in [0.15, 0.2) is 0 Å². The van der Waals surface area contributed by atoms with E-state index in [1.807, 2.05) is 0 Å². The molecule has 0 saturated heterocycles. The summed E-state index contributed by atoms with van der Waals surface area (Å²) in [4.78, 5) is 0.288. The number of hydrogen-bond donors (Lipinski definition) is 1. The first kappa shape index (κ1) is 15.1. The van der Waals surface area contributed by atoms with E-state index in [9.17, 15) is 8.42 Å². The SMILES string of the molecule is COCC(N)Cc1ccc(S(=O)(=O)N(C)C)cc1. The molecule has 0 heterocycles. The van der Waals surface area contributed by atoms with E-state index in [0.29, 0.717) is 13.0 Å². The molecule has 6 heteroatoms. The number of methoxy groups -OCH3 is 1. The van der Waals surface area contributed by atoms with Gasteiger partial charge in [0.2, 0.25) is 10.0 Å². The fraction of sp³-hybridized carbons (Fsp3) is 0.500. The predicted octanol–water partition coefficient (Wildman–Crippen LogP) is 0.453. The average molecular weight is 272 g/mol. The monoisotopic (exact) mass is 272 g/mol. The Morgan fingerprint density at radius 2 is 1.83 bits per heavy atom. The molecule has 0 bridgehead atoms. The van der Waals surface area contributed by atoms with E-state index in [1.54, 1.807) is 31.4 Å². The molecule has 102 valence electrons. The molecule has 0 aliphatic rings. The quantitative estimate of drug-likeness (QED) is 0.816. The summed E-state index contributed by atoms with van der Waals surface area (Å²) >= 11 is 0. The van der Waals surface area contributed by atoms with Gasteiger partial charge in [0.05, 0.1) is 11.5 Å². The molecule has 5 nitrogen and oxygen atoms in total. The maximum atomic E-state index is 11.8. The first-order valence-electron chi connectivity index (χ1n) is 5.64. The van der Waals surface area contributed by atoms with Crippen LogP contribution in [0.1, 0.15) is 5.56 Å². The number of nitrogens with zero attached hydrogens (tertiary/aromatic N) is 1. The molecule has 1 unspecified atom stereocenters. The van der Waals surface area contributed by atoms with Gasteiger partial charge in [0.1, 0.15) is 0 Å². The van der Waals surface area contributed by atoms with E-state index in [-0.39, 0.29) is 10.9 Å². The van der Waals surface area contributed by atoms with Crippen LogP contribution in [0.2, 0.25) is 0 Å². The Bertz CT molecular complexity index is 469. The van der Waals surface area contributed by atoms with Gasteiger partial charge in [-0.3, -0.25) is 0 Å². The third-order valence-electron chi connectivity index (χ3n) is 2.58. The highest BCUT2D eigenvalue weighted by molar-refractivity contribution is 7.89. The second-order valence-electron chi connectivity index (χ2n) is 4.35. The van der Waals surface area contributed by atoms with Crippen molar-refractivity contribution in [1.82, 2.24) is 4.31 Å². The number of ether oxygens (including phenoxy) is 1.